The lowest BCUT2D eigenvalue weighted by atomic mass is 9.81. The predicted molar refractivity (Wildman–Crippen MR) is 83.9 cm³/mol. The maximum Gasteiger partial charge on any atom is 0.326 e. The normalized spacial score (nSPS) is 20.5. The number of para-hydroxylation sites is 1. The largest absolute Gasteiger partial charge is 0.480 e. The van der Waals surface area contributed by atoms with E-state index in [-0.39, 0.29) is 5.92 Å². The van der Waals surface area contributed by atoms with Gasteiger partial charge in [-0.1, -0.05) is 47.5 Å². The first kappa shape index (κ1) is 13.7. The van der Waals surface area contributed by atoms with Crippen LogP contribution in [0.25, 0.3) is 0 Å². The molecule has 2 unspecified atom stereocenters. The summed E-state index contributed by atoms with van der Waals surface area (Å²) in [5.41, 5.74) is 5.74. The first-order valence-corrected chi connectivity index (χ1v) is 7.21. The van der Waals surface area contributed by atoms with Gasteiger partial charge in [0.1, 0.15) is 6.04 Å². The summed E-state index contributed by atoms with van der Waals surface area (Å²) in [6, 6.07) is 13.9. The minimum absolute atomic E-state index is 0.127. The molecule has 21 heavy (non-hydrogen) atoms. The van der Waals surface area contributed by atoms with Crippen molar-refractivity contribution in [2.24, 2.45) is 0 Å². The molecule has 2 aromatic rings. The van der Waals surface area contributed by atoms with Gasteiger partial charge >= 0.3 is 5.97 Å². The topological polar surface area (TPSA) is 49.3 Å². The molecule has 2 aromatic carbocycles. The molecule has 3 nitrogen and oxygen atoms in total. The maximum absolute atomic E-state index is 11.4. The zero-order valence-corrected chi connectivity index (χ0v) is 12.3. The molecule has 0 fully saturated rings. The number of carboxylic acids is 1. The molecule has 3 heteroatoms. The van der Waals surface area contributed by atoms with Crippen LogP contribution in [-0.4, -0.2) is 17.1 Å². The van der Waals surface area contributed by atoms with E-state index in [9.17, 15) is 9.90 Å². The molecule has 0 saturated carbocycles. The summed E-state index contributed by atoms with van der Waals surface area (Å²) < 4.78 is 0. The molecule has 0 radical (unpaired) electrons. The van der Waals surface area contributed by atoms with E-state index in [4.69, 9.17) is 0 Å². The van der Waals surface area contributed by atoms with E-state index < -0.39 is 12.0 Å². The Morgan fingerprint density at radius 2 is 1.81 bits per heavy atom. The highest BCUT2D eigenvalue weighted by Crippen LogP contribution is 2.39. The lowest BCUT2D eigenvalue weighted by Crippen LogP contribution is -2.35. The van der Waals surface area contributed by atoms with Gasteiger partial charge in [0.05, 0.1) is 0 Å². The summed E-state index contributed by atoms with van der Waals surface area (Å²) in [6.45, 7) is 4.16. The average Bonchev–Trinajstić information content (AvgIpc) is 2.45. The molecule has 0 bridgehead atoms. The van der Waals surface area contributed by atoms with Crippen LogP contribution in [0, 0.1) is 13.8 Å². The van der Waals surface area contributed by atoms with Gasteiger partial charge in [0.25, 0.3) is 0 Å². The molecule has 2 atom stereocenters. The zero-order valence-electron chi connectivity index (χ0n) is 12.3. The van der Waals surface area contributed by atoms with Crippen LogP contribution >= 0.6 is 0 Å². The molecule has 0 aliphatic carbocycles. The van der Waals surface area contributed by atoms with Crippen molar-refractivity contribution in [2.75, 3.05) is 5.32 Å². The van der Waals surface area contributed by atoms with Crippen LogP contribution in [0.3, 0.4) is 0 Å². The van der Waals surface area contributed by atoms with Gasteiger partial charge in [0.2, 0.25) is 0 Å². The highest BCUT2D eigenvalue weighted by molar-refractivity contribution is 5.79. The Bertz CT molecular complexity index is 673. The lowest BCUT2D eigenvalue weighted by Gasteiger charge is -2.31. The fourth-order valence-electron chi connectivity index (χ4n) is 3.23. The van der Waals surface area contributed by atoms with Crippen molar-refractivity contribution in [3.05, 3.63) is 64.7 Å². The van der Waals surface area contributed by atoms with Gasteiger partial charge in [-0.15, -0.1) is 0 Å². The molecule has 3 rings (SSSR count). The standard InChI is InChI=1S/C18H19NO2/c1-11-7-12(2)9-13(8-11)15-10-17(18(20)21)19-16-6-4-3-5-14(15)16/h3-9,15,17,19H,10H2,1-2H3,(H,20,21). The lowest BCUT2D eigenvalue weighted by molar-refractivity contribution is -0.138. The van der Waals surface area contributed by atoms with Crippen LogP contribution in [0.4, 0.5) is 5.69 Å². The Morgan fingerprint density at radius 3 is 2.48 bits per heavy atom. The third-order valence-corrected chi connectivity index (χ3v) is 4.08. The number of hydrogen-bond acceptors (Lipinski definition) is 2. The Balaban J connectivity index is 2.09. The van der Waals surface area contributed by atoms with E-state index in [2.05, 4.69) is 43.4 Å². The monoisotopic (exact) mass is 281 g/mol. The van der Waals surface area contributed by atoms with Crippen LogP contribution in [0.5, 0.6) is 0 Å². The Morgan fingerprint density at radius 1 is 1.14 bits per heavy atom. The summed E-state index contributed by atoms with van der Waals surface area (Å²) in [5.74, 6) is -0.666. The number of aryl methyl sites for hydroxylation is 2. The van der Waals surface area contributed by atoms with Crippen molar-refractivity contribution in [1.82, 2.24) is 0 Å². The van der Waals surface area contributed by atoms with E-state index in [1.54, 1.807) is 0 Å². The number of aliphatic carboxylic acids is 1. The van der Waals surface area contributed by atoms with Gasteiger partial charge in [-0.3, -0.25) is 0 Å². The van der Waals surface area contributed by atoms with Crippen molar-refractivity contribution in [1.29, 1.82) is 0 Å². The summed E-state index contributed by atoms with van der Waals surface area (Å²) in [7, 11) is 0. The molecule has 0 saturated heterocycles. The van der Waals surface area contributed by atoms with E-state index >= 15 is 0 Å². The van der Waals surface area contributed by atoms with Crippen molar-refractivity contribution >= 4 is 11.7 Å². The highest BCUT2D eigenvalue weighted by Gasteiger charge is 2.31. The number of fused-ring (bicyclic) bond motifs is 1. The number of anilines is 1. The van der Waals surface area contributed by atoms with Gasteiger partial charge in [0, 0.05) is 11.6 Å². The first-order chi connectivity index (χ1) is 10.0. The summed E-state index contributed by atoms with van der Waals surface area (Å²) in [6.07, 6.45) is 0.579. The molecule has 1 aliphatic rings. The second-order valence-corrected chi connectivity index (χ2v) is 5.83. The summed E-state index contributed by atoms with van der Waals surface area (Å²) in [5, 5.41) is 12.5. The maximum atomic E-state index is 11.4. The number of carboxylic acid groups (broad SMARTS) is 1. The molecule has 0 aromatic heterocycles. The molecular formula is C18H19NO2. The van der Waals surface area contributed by atoms with Gasteiger partial charge in [-0.05, 0) is 37.5 Å². The second kappa shape index (κ2) is 5.24. The molecule has 1 heterocycles. The molecule has 0 amide bonds. The first-order valence-electron chi connectivity index (χ1n) is 7.21. The van der Waals surface area contributed by atoms with Crippen LogP contribution in [0.1, 0.15) is 34.6 Å². The summed E-state index contributed by atoms with van der Waals surface area (Å²) >= 11 is 0. The van der Waals surface area contributed by atoms with Gasteiger partial charge in [-0.2, -0.15) is 0 Å². The average molecular weight is 281 g/mol. The molecule has 0 spiro atoms. The fraction of sp³-hybridized carbons (Fsp3) is 0.278. The molecule has 1 aliphatic heterocycles. The number of benzene rings is 2. The van der Waals surface area contributed by atoms with Gasteiger partial charge in [0.15, 0.2) is 0 Å². The Hall–Kier alpha value is -2.29. The number of hydrogen-bond donors (Lipinski definition) is 2. The highest BCUT2D eigenvalue weighted by atomic mass is 16.4. The van der Waals surface area contributed by atoms with E-state index in [0.29, 0.717) is 6.42 Å². The van der Waals surface area contributed by atoms with E-state index in [0.717, 1.165) is 5.69 Å². The predicted octanol–water partition coefficient (Wildman–Crippen LogP) is 3.70. The molecule has 108 valence electrons. The molecular weight excluding hydrogens is 262 g/mol. The third-order valence-electron chi connectivity index (χ3n) is 4.08. The minimum Gasteiger partial charge on any atom is -0.480 e. The molecule has 2 N–H and O–H groups in total. The van der Waals surface area contributed by atoms with E-state index in [1.165, 1.54) is 22.3 Å². The van der Waals surface area contributed by atoms with Crippen LogP contribution in [0.15, 0.2) is 42.5 Å². The Labute approximate surface area is 124 Å². The number of carbonyl (C=O) groups is 1. The van der Waals surface area contributed by atoms with Gasteiger partial charge in [-0.25, -0.2) is 4.79 Å². The van der Waals surface area contributed by atoms with Crippen molar-refractivity contribution in [2.45, 2.75) is 32.2 Å². The van der Waals surface area contributed by atoms with Crippen LogP contribution < -0.4 is 5.32 Å². The van der Waals surface area contributed by atoms with Crippen molar-refractivity contribution in [3.63, 3.8) is 0 Å². The SMILES string of the molecule is Cc1cc(C)cc(C2CC(C(=O)O)Nc3ccccc32)c1. The summed E-state index contributed by atoms with van der Waals surface area (Å²) in [4.78, 5) is 11.4. The smallest absolute Gasteiger partial charge is 0.326 e. The van der Waals surface area contributed by atoms with E-state index in [1.807, 2.05) is 18.2 Å². The van der Waals surface area contributed by atoms with Crippen molar-refractivity contribution in [3.8, 4) is 0 Å². The van der Waals surface area contributed by atoms with Crippen LogP contribution in [0.2, 0.25) is 0 Å². The Kier molecular flexibility index (Phi) is 3.42. The second-order valence-electron chi connectivity index (χ2n) is 5.83. The number of nitrogens with one attached hydrogen (secondary N) is 1. The van der Waals surface area contributed by atoms with Crippen molar-refractivity contribution < 1.29 is 9.90 Å². The van der Waals surface area contributed by atoms with Crippen LogP contribution in [-0.2, 0) is 4.79 Å². The van der Waals surface area contributed by atoms with Gasteiger partial charge < -0.3 is 10.4 Å². The zero-order chi connectivity index (χ0) is 15.0. The third kappa shape index (κ3) is 2.64. The minimum atomic E-state index is -0.793. The fourth-order valence-corrected chi connectivity index (χ4v) is 3.23. The number of rotatable bonds is 2. The quantitative estimate of drug-likeness (QED) is 0.882.